The van der Waals surface area contributed by atoms with E-state index in [4.69, 9.17) is 0 Å². The minimum atomic E-state index is -3.71. The third-order valence-corrected chi connectivity index (χ3v) is 6.19. The van der Waals surface area contributed by atoms with E-state index in [2.05, 4.69) is 4.72 Å². The van der Waals surface area contributed by atoms with E-state index < -0.39 is 22.2 Å². The maximum absolute atomic E-state index is 12.4. The summed E-state index contributed by atoms with van der Waals surface area (Å²) < 4.78 is 28.7. The SMILES string of the molecule is CC1CCCN(S(=O)(=O)NC(C(=O)O)C2CCCCC2)C1. The molecule has 2 fully saturated rings. The van der Waals surface area contributed by atoms with Gasteiger partial charge in [0.05, 0.1) is 0 Å². The van der Waals surface area contributed by atoms with E-state index in [-0.39, 0.29) is 5.92 Å². The maximum Gasteiger partial charge on any atom is 0.322 e. The Balaban J connectivity index is 2.05. The molecule has 0 radical (unpaired) electrons. The first-order valence-electron chi connectivity index (χ1n) is 7.90. The number of piperidine rings is 1. The van der Waals surface area contributed by atoms with Gasteiger partial charge in [0, 0.05) is 13.1 Å². The molecule has 1 aliphatic heterocycles. The zero-order valence-corrected chi connectivity index (χ0v) is 13.4. The van der Waals surface area contributed by atoms with Gasteiger partial charge in [-0.2, -0.15) is 17.4 Å². The molecule has 0 aromatic carbocycles. The van der Waals surface area contributed by atoms with Crippen LogP contribution in [-0.2, 0) is 15.0 Å². The average Bonchev–Trinajstić information content (AvgIpc) is 2.45. The van der Waals surface area contributed by atoms with Crippen LogP contribution in [0, 0.1) is 11.8 Å². The van der Waals surface area contributed by atoms with Crippen molar-refractivity contribution in [3.63, 3.8) is 0 Å². The molecule has 2 rings (SSSR count). The Kier molecular flexibility index (Phi) is 5.62. The highest BCUT2D eigenvalue weighted by molar-refractivity contribution is 7.87. The van der Waals surface area contributed by atoms with E-state index in [1.54, 1.807) is 0 Å². The molecule has 2 N–H and O–H groups in total. The highest BCUT2D eigenvalue weighted by Gasteiger charge is 2.36. The lowest BCUT2D eigenvalue weighted by molar-refractivity contribution is -0.140. The molecule has 0 aromatic heterocycles. The summed E-state index contributed by atoms with van der Waals surface area (Å²) in [6.45, 7) is 2.99. The van der Waals surface area contributed by atoms with Crippen molar-refractivity contribution in [3.05, 3.63) is 0 Å². The summed E-state index contributed by atoms with van der Waals surface area (Å²) in [4.78, 5) is 11.5. The Morgan fingerprint density at radius 3 is 2.43 bits per heavy atom. The number of aliphatic carboxylic acids is 1. The molecule has 122 valence electrons. The predicted molar refractivity (Wildman–Crippen MR) is 80.0 cm³/mol. The number of hydrogen-bond donors (Lipinski definition) is 2. The molecule has 1 saturated heterocycles. The monoisotopic (exact) mass is 318 g/mol. The van der Waals surface area contributed by atoms with E-state index in [1.165, 1.54) is 4.31 Å². The summed E-state index contributed by atoms with van der Waals surface area (Å²) in [5.74, 6) is -0.822. The summed E-state index contributed by atoms with van der Waals surface area (Å²) >= 11 is 0. The third-order valence-electron chi connectivity index (χ3n) is 4.62. The fourth-order valence-electron chi connectivity index (χ4n) is 3.42. The molecule has 21 heavy (non-hydrogen) atoms. The molecule has 0 aromatic rings. The van der Waals surface area contributed by atoms with Gasteiger partial charge < -0.3 is 5.11 Å². The van der Waals surface area contributed by atoms with Crippen LogP contribution in [0.15, 0.2) is 0 Å². The molecule has 2 atom stereocenters. The van der Waals surface area contributed by atoms with E-state index in [1.807, 2.05) is 6.92 Å². The Morgan fingerprint density at radius 1 is 1.19 bits per heavy atom. The summed E-state index contributed by atoms with van der Waals surface area (Å²) in [5.41, 5.74) is 0. The number of hydrogen-bond acceptors (Lipinski definition) is 3. The maximum atomic E-state index is 12.4. The molecule has 0 spiro atoms. The summed E-state index contributed by atoms with van der Waals surface area (Å²) in [5, 5.41) is 9.39. The number of rotatable bonds is 5. The molecule has 7 heteroatoms. The number of carbonyl (C=O) groups is 1. The van der Waals surface area contributed by atoms with E-state index in [9.17, 15) is 18.3 Å². The summed E-state index contributed by atoms with van der Waals surface area (Å²) in [7, 11) is -3.71. The van der Waals surface area contributed by atoms with Crippen molar-refractivity contribution in [1.29, 1.82) is 0 Å². The highest BCUT2D eigenvalue weighted by atomic mass is 32.2. The van der Waals surface area contributed by atoms with Crippen molar-refractivity contribution in [2.75, 3.05) is 13.1 Å². The number of carboxylic acids is 1. The Hall–Kier alpha value is -0.660. The standard InChI is InChI=1S/C14H26N2O4S/c1-11-6-5-9-16(10-11)21(19,20)15-13(14(17)18)12-7-3-2-4-8-12/h11-13,15H,2-10H2,1H3,(H,17,18). The van der Waals surface area contributed by atoms with Crippen LogP contribution in [-0.4, -0.2) is 42.9 Å². The van der Waals surface area contributed by atoms with Gasteiger partial charge in [-0.3, -0.25) is 4.79 Å². The number of nitrogens with one attached hydrogen (secondary N) is 1. The lowest BCUT2D eigenvalue weighted by Gasteiger charge is -2.33. The van der Waals surface area contributed by atoms with Gasteiger partial charge in [-0.1, -0.05) is 26.2 Å². The van der Waals surface area contributed by atoms with Gasteiger partial charge in [0.25, 0.3) is 10.2 Å². The lowest BCUT2D eigenvalue weighted by atomic mass is 9.84. The zero-order chi connectivity index (χ0) is 15.5. The fourth-order valence-corrected chi connectivity index (χ4v) is 5.00. The Labute approximate surface area is 127 Å². The van der Waals surface area contributed by atoms with Crippen LogP contribution in [0.25, 0.3) is 0 Å². The topological polar surface area (TPSA) is 86.7 Å². The van der Waals surface area contributed by atoms with Gasteiger partial charge in [0.1, 0.15) is 6.04 Å². The minimum Gasteiger partial charge on any atom is -0.480 e. The largest absolute Gasteiger partial charge is 0.480 e. The molecule has 1 saturated carbocycles. The van der Waals surface area contributed by atoms with Crippen molar-refractivity contribution in [1.82, 2.24) is 9.03 Å². The van der Waals surface area contributed by atoms with Gasteiger partial charge >= 0.3 is 5.97 Å². The first-order chi connectivity index (χ1) is 9.90. The van der Waals surface area contributed by atoms with E-state index in [0.29, 0.717) is 19.0 Å². The summed E-state index contributed by atoms with van der Waals surface area (Å²) in [6, 6.07) is -0.993. The first kappa shape index (κ1) is 16.7. The summed E-state index contributed by atoms with van der Waals surface area (Å²) in [6.07, 6.45) is 6.51. The zero-order valence-electron chi connectivity index (χ0n) is 12.6. The van der Waals surface area contributed by atoms with Crippen LogP contribution < -0.4 is 4.72 Å². The van der Waals surface area contributed by atoms with Gasteiger partial charge in [-0.25, -0.2) is 0 Å². The highest BCUT2D eigenvalue weighted by Crippen LogP contribution is 2.27. The molecule has 1 heterocycles. The first-order valence-corrected chi connectivity index (χ1v) is 9.34. The molecule has 6 nitrogen and oxygen atoms in total. The Morgan fingerprint density at radius 2 is 1.86 bits per heavy atom. The molecule has 0 bridgehead atoms. The van der Waals surface area contributed by atoms with Crippen LogP contribution in [0.5, 0.6) is 0 Å². The molecule has 0 amide bonds. The van der Waals surface area contributed by atoms with Crippen LogP contribution in [0.4, 0.5) is 0 Å². The van der Waals surface area contributed by atoms with Gasteiger partial charge in [-0.05, 0) is 37.5 Å². The van der Waals surface area contributed by atoms with Crippen molar-refractivity contribution < 1.29 is 18.3 Å². The quantitative estimate of drug-likeness (QED) is 0.806. The second kappa shape index (κ2) is 7.07. The molecule has 2 aliphatic rings. The minimum absolute atomic E-state index is 0.0896. The normalized spacial score (nSPS) is 27.4. The van der Waals surface area contributed by atoms with Crippen molar-refractivity contribution in [3.8, 4) is 0 Å². The molecule has 2 unspecified atom stereocenters. The third kappa shape index (κ3) is 4.40. The number of nitrogens with zero attached hydrogens (tertiary/aromatic N) is 1. The van der Waals surface area contributed by atoms with Crippen LogP contribution >= 0.6 is 0 Å². The van der Waals surface area contributed by atoms with Crippen molar-refractivity contribution >= 4 is 16.2 Å². The molecular weight excluding hydrogens is 292 g/mol. The predicted octanol–water partition coefficient (Wildman–Crippen LogP) is 1.59. The second-order valence-electron chi connectivity index (χ2n) is 6.44. The van der Waals surface area contributed by atoms with Crippen molar-refractivity contribution in [2.24, 2.45) is 11.8 Å². The van der Waals surface area contributed by atoms with Gasteiger partial charge in [0.2, 0.25) is 0 Å². The number of carboxylic acid groups (broad SMARTS) is 1. The van der Waals surface area contributed by atoms with Crippen LogP contribution in [0.3, 0.4) is 0 Å². The van der Waals surface area contributed by atoms with Gasteiger partial charge in [-0.15, -0.1) is 0 Å². The van der Waals surface area contributed by atoms with Gasteiger partial charge in [0.15, 0.2) is 0 Å². The van der Waals surface area contributed by atoms with E-state index >= 15 is 0 Å². The van der Waals surface area contributed by atoms with Crippen molar-refractivity contribution in [2.45, 2.75) is 57.9 Å². The van der Waals surface area contributed by atoms with E-state index in [0.717, 1.165) is 44.9 Å². The average molecular weight is 318 g/mol. The molecular formula is C14H26N2O4S. The molecule has 1 aliphatic carbocycles. The Bertz CT molecular complexity index is 460. The lowest BCUT2D eigenvalue weighted by Crippen LogP contribution is -2.53. The van der Waals surface area contributed by atoms with Crippen LogP contribution in [0.2, 0.25) is 0 Å². The smallest absolute Gasteiger partial charge is 0.322 e. The second-order valence-corrected chi connectivity index (χ2v) is 8.14. The fraction of sp³-hybridized carbons (Fsp3) is 0.929. The van der Waals surface area contributed by atoms with Crippen LogP contribution in [0.1, 0.15) is 51.9 Å².